The first-order chi connectivity index (χ1) is 14.1. The number of fused-ring (bicyclic) bond motifs is 1. The van der Waals surface area contributed by atoms with E-state index in [9.17, 15) is 13.2 Å². The summed E-state index contributed by atoms with van der Waals surface area (Å²) in [5.41, 5.74) is 4.34. The van der Waals surface area contributed by atoms with Gasteiger partial charge in [0.15, 0.2) is 11.5 Å². The molecule has 0 amide bonds. The summed E-state index contributed by atoms with van der Waals surface area (Å²) in [6, 6.07) is 12.4. The van der Waals surface area contributed by atoms with Crippen molar-refractivity contribution in [3.63, 3.8) is 0 Å². The lowest BCUT2D eigenvalue weighted by atomic mass is 10.1. The highest BCUT2D eigenvalue weighted by atomic mass is 28.3. The molecule has 2 aromatic rings. The Morgan fingerprint density at radius 3 is 2.50 bits per heavy atom. The van der Waals surface area contributed by atoms with Crippen LogP contribution in [0.1, 0.15) is 11.1 Å². The van der Waals surface area contributed by atoms with Crippen LogP contribution in [0.25, 0.3) is 0 Å². The maximum absolute atomic E-state index is 12.9. The van der Waals surface area contributed by atoms with Gasteiger partial charge in [-0.25, -0.2) is 0 Å². The highest BCUT2D eigenvalue weighted by Gasteiger charge is 2.33. The average Bonchev–Trinajstić information content (AvgIpc) is 3.13. The van der Waals surface area contributed by atoms with E-state index in [-0.39, 0.29) is 19.8 Å². The van der Waals surface area contributed by atoms with Gasteiger partial charge in [-0.1, -0.05) is 55.9 Å². The van der Waals surface area contributed by atoms with Gasteiger partial charge in [-0.15, -0.1) is 18.7 Å². The molecule has 0 fully saturated rings. The Bertz CT molecular complexity index is 942. The van der Waals surface area contributed by atoms with Gasteiger partial charge in [-0.2, -0.15) is 0 Å². The number of ether oxygens (including phenoxy) is 4. The molecule has 1 aliphatic rings. The van der Waals surface area contributed by atoms with E-state index in [1.807, 2.05) is 31.8 Å². The molecule has 0 N–H and O–H groups in total. The number of para-hydroxylation sites is 2. The Labute approximate surface area is 174 Å². The van der Waals surface area contributed by atoms with Crippen molar-refractivity contribution in [2.45, 2.75) is 45.1 Å². The van der Waals surface area contributed by atoms with E-state index in [4.69, 9.17) is 14.2 Å². The van der Waals surface area contributed by atoms with Crippen molar-refractivity contribution in [2.24, 2.45) is 0 Å². The molecule has 2 aromatic carbocycles. The van der Waals surface area contributed by atoms with Crippen molar-refractivity contribution in [2.75, 3.05) is 6.79 Å². The molecule has 0 bridgehead atoms. The number of alkyl halides is 3. The normalized spacial score (nSPS) is 14.1. The third-order valence-corrected chi connectivity index (χ3v) is 5.02. The topological polar surface area (TPSA) is 36.9 Å². The second kappa shape index (κ2) is 9.02. The monoisotopic (exact) mass is 436 g/mol. The zero-order chi connectivity index (χ0) is 21.8. The van der Waals surface area contributed by atoms with Gasteiger partial charge >= 0.3 is 6.36 Å². The SMILES string of the molecule is C[Si](C)(C)C#C[C@H](Cc1ccccc1OCc1cccc2c1OCO2)OC(F)(F)F. The summed E-state index contributed by atoms with van der Waals surface area (Å²) in [5.74, 6) is 4.41. The summed E-state index contributed by atoms with van der Waals surface area (Å²) in [6.07, 6.45) is -6.12. The van der Waals surface area contributed by atoms with Crippen LogP contribution in [0.3, 0.4) is 0 Å². The van der Waals surface area contributed by atoms with Crippen LogP contribution in [0.2, 0.25) is 19.6 Å². The lowest BCUT2D eigenvalue weighted by molar-refractivity contribution is -0.334. The van der Waals surface area contributed by atoms with Crippen molar-refractivity contribution in [1.29, 1.82) is 0 Å². The largest absolute Gasteiger partial charge is 0.523 e. The van der Waals surface area contributed by atoms with E-state index in [0.717, 1.165) is 5.56 Å². The fraction of sp³-hybridized carbons (Fsp3) is 0.364. The van der Waals surface area contributed by atoms with Gasteiger partial charge in [0, 0.05) is 12.0 Å². The fourth-order valence-electron chi connectivity index (χ4n) is 2.85. The molecule has 30 heavy (non-hydrogen) atoms. The zero-order valence-corrected chi connectivity index (χ0v) is 18.0. The molecule has 160 valence electrons. The van der Waals surface area contributed by atoms with Gasteiger partial charge in [-0.05, 0) is 17.7 Å². The predicted molar refractivity (Wildman–Crippen MR) is 109 cm³/mol. The molecule has 0 aromatic heterocycles. The number of halogens is 3. The maximum atomic E-state index is 12.9. The van der Waals surface area contributed by atoms with Crippen LogP contribution < -0.4 is 14.2 Å². The van der Waals surface area contributed by atoms with Crippen molar-refractivity contribution < 1.29 is 32.1 Å². The molecule has 1 heterocycles. The Balaban J connectivity index is 1.77. The summed E-state index contributed by atoms with van der Waals surface area (Å²) < 4.78 is 59.7. The minimum absolute atomic E-state index is 0.0420. The molecule has 4 nitrogen and oxygen atoms in total. The first-order valence-electron chi connectivity index (χ1n) is 9.46. The van der Waals surface area contributed by atoms with Crippen molar-refractivity contribution in [1.82, 2.24) is 0 Å². The van der Waals surface area contributed by atoms with E-state index in [0.29, 0.717) is 22.8 Å². The van der Waals surface area contributed by atoms with Crippen molar-refractivity contribution in [3.8, 4) is 28.7 Å². The van der Waals surface area contributed by atoms with Crippen LogP contribution in [0.4, 0.5) is 13.2 Å². The predicted octanol–water partition coefficient (Wildman–Crippen LogP) is 5.32. The van der Waals surface area contributed by atoms with Crippen molar-refractivity contribution >= 4 is 8.07 Å². The van der Waals surface area contributed by atoms with E-state index in [1.54, 1.807) is 30.3 Å². The summed E-state index contributed by atoms with van der Waals surface area (Å²) in [5, 5.41) is 0. The van der Waals surface area contributed by atoms with E-state index in [2.05, 4.69) is 16.2 Å². The molecular formula is C22H23F3O4Si. The Hall–Kier alpha value is -2.63. The molecule has 0 radical (unpaired) electrons. The van der Waals surface area contributed by atoms with Gasteiger partial charge in [0.25, 0.3) is 0 Å². The molecule has 1 atom stereocenters. The van der Waals surface area contributed by atoms with Crippen LogP contribution in [0.15, 0.2) is 42.5 Å². The van der Waals surface area contributed by atoms with Crippen molar-refractivity contribution in [3.05, 3.63) is 53.6 Å². The number of benzene rings is 2. The molecule has 1 aliphatic heterocycles. The quantitative estimate of drug-likeness (QED) is 0.454. The summed E-state index contributed by atoms with van der Waals surface area (Å²) >= 11 is 0. The maximum Gasteiger partial charge on any atom is 0.523 e. The average molecular weight is 437 g/mol. The molecule has 0 saturated carbocycles. The Kier molecular flexibility index (Phi) is 6.63. The standard InChI is InChI=1S/C22H23F3O4Si/c1-30(2,3)12-11-18(29-22(23,24)25)13-16-7-4-5-9-19(16)26-14-17-8-6-10-20-21(17)28-15-27-20/h4-10,18H,13-15H2,1-3H3/t18-/m1/s1. The van der Waals surface area contributed by atoms with Crippen LogP contribution in [0.5, 0.6) is 17.2 Å². The van der Waals surface area contributed by atoms with Crippen LogP contribution >= 0.6 is 0 Å². The highest BCUT2D eigenvalue weighted by Crippen LogP contribution is 2.36. The van der Waals surface area contributed by atoms with E-state index in [1.165, 1.54) is 0 Å². The summed E-state index contributed by atoms with van der Waals surface area (Å²) in [4.78, 5) is 0. The number of hydrogen-bond donors (Lipinski definition) is 0. The lowest BCUT2D eigenvalue weighted by Crippen LogP contribution is -2.26. The molecule has 0 spiro atoms. The molecular weight excluding hydrogens is 413 g/mol. The fourth-order valence-corrected chi connectivity index (χ4v) is 3.45. The molecule has 3 rings (SSSR count). The second-order valence-electron chi connectivity index (χ2n) is 7.82. The minimum atomic E-state index is -4.77. The summed E-state index contributed by atoms with van der Waals surface area (Å²) in [7, 11) is -1.86. The van der Waals surface area contributed by atoms with Crippen LogP contribution in [-0.2, 0) is 17.8 Å². The summed E-state index contributed by atoms with van der Waals surface area (Å²) in [6.45, 7) is 6.23. The lowest BCUT2D eigenvalue weighted by Gasteiger charge is -2.18. The van der Waals surface area contributed by atoms with Gasteiger partial charge in [0.05, 0.1) is 0 Å². The van der Waals surface area contributed by atoms with Gasteiger partial charge in [0.2, 0.25) is 6.79 Å². The van der Waals surface area contributed by atoms with Gasteiger partial charge in [0.1, 0.15) is 26.5 Å². The minimum Gasteiger partial charge on any atom is -0.488 e. The first-order valence-corrected chi connectivity index (χ1v) is 13.0. The van der Waals surface area contributed by atoms with Crippen LogP contribution in [0, 0.1) is 11.5 Å². The molecule has 0 saturated heterocycles. The zero-order valence-electron chi connectivity index (χ0n) is 17.0. The highest BCUT2D eigenvalue weighted by molar-refractivity contribution is 6.83. The second-order valence-corrected chi connectivity index (χ2v) is 12.6. The molecule has 0 aliphatic carbocycles. The number of hydrogen-bond acceptors (Lipinski definition) is 4. The Morgan fingerprint density at radius 2 is 1.77 bits per heavy atom. The van der Waals surface area contributed by atoms with Crippen LogP contribution in [-0.4, -0.2) is 27.3 Å². The Morgan fingerprint density at radius 1 is 1.03 bits per heavy atom. The van der Waals surface area contributed by atoms with Gasteiger partial charge < -0.3 is 14.2 Å². The molecule has 0 unspecified atom stereocenters. The van der Waals surface area contributed by atoms with E-state index < -0.39 is 20.5 Å². The third-order valence-electron chi connectivity index (χ3n) is 4.12. The van der Waals surface area contributed by atoms with Gasteiger partial charge in [-0.3, -0.25) is 4.74 Å². The number of rotatable bonds is 6. The van der Waals surface area contributed by atoms with E-state index >= 15 is 0 Å². The molecule has 8 heteroatoms. The smallest absolute Gasteiger partial charge is 0.488 e. The first kappa shape index (κ1) is 22.1. The third kappa shape index (κ3) is 6.44.